The van der Waals surface area contributed by atoms with Gasteiger partial charge in [0.25, 0.3) is 5.91 Å². The van der Waals surface area contributed by atoms with Gasteiger partial charge in [-0.2, -0.15) is 0 Å². The zero-order valence-electron chi connectivity index (χ0n) is 24.5. The molecule has 41 heavy (non-hydrogen) atoms. The number of carbonyl (C=O) groups is 3. The quantitative estimate of drug-likeness (QED) is 0.262. The van der Waals surface area contributed by atoms with Gasteiger partial charge in [0, 0.05) is 28.5 Å². The van der Waals surface area contributed by atoms with Gasteiger partial charge in [-0.15, -0.1) is 0 Å². The molecule has 0 aliphatic carbocycles. The number of hydrogen-bond acceptors (Lipinski definition) is 6. The highest BCUT2D eigenvalue weighted by molar-refractivity contribution is 6.13. The van der Waals surface area contributed by atoms with Crippen molar-refractivity contribution in [1.82, 2.24) is 4.90 Å². The monoisotopic (exact) mass is 554 g/mol. The molecule has 3 aromatic carbocycles. The van der Waals surface area contributed by atoms with Crippen LogP contribution in [0.2, 0.25) is 0 Å². The van der Waals surface area contributed by atoms with Crippen LogP contribution in [0.4, 0.5) is 0 Å². The molecule has 214 valence electrons. The first-order chi connectivity index (χ1) is 19.3. The van der Waals surface area contributed by atoms with Crippen LogP contribution in [0.15, 0.2) is 96.0 Å². The molecule has 0 unspecified atom stereocenters. The zero-order valence-corrected chi connectivity index (χ0v) is 24.5. The second-order valence-electron chi connectivity index (χ2n) is 12.2. The molecule has 1 saturated heterocycles. The van der Waals surface area contributed by atoms with Crippen LogP contribution in [0.3, 0.4) is 0 Å². The highest BCUT2D eigenvalue weighted by Gasteiger charge is 2.51. The van der Waals surface area contributed by atoms with Crippen LogP contribution in [-0.4, -0.2) is 52.4 Å². The summed E-state index contributed by atoms with van der Waals surface area (Å²) in [6.07, 6.45) is -0.916. The average molecular weight is 555 g/mol. The molecule has 0 saturated carbocycles. The highest BCUT2D eigenvalue weighted by atomic mass is 16.6. The lowest BCUT2D eigenvalue weighted by atomic mass is 9.92. The summed E-state index contributed by atoms with van der Waals surface area (Å²) in [4.78, 5) is 47.4. The Hall–Kier alpha value is -4.26. The van der Waals surface area contributed by atoms with Crippen LogP contribution in [-0.2, 0) is 19.1 Å². The molecule has 7 heteroatoms. The first-order valence-corrected chi connectivity index (χ1v) is 13.8. The first-order valence-electron chi connectivity index (χ1n) is 13.8. The average Bonchev–Trinajstić information content (AvgIpc) is 3.27. The van der Waals surface area contributed by atoms with Crippen molar-refractivity contribution < 1.29 is 23.9 Å². The summed E-state index contributed by atoms with van der Waals surface area (Å²) in [6, 6.07) is 25.7. The van der Waals surface area contributed by atoms with E-state index in [1.165, 1.54) is 4.90 Å². The van der Waals surface area contributed by atoms with Gasteiger partial charge < -0.3 is 9.47 Å². The molecule has 0 aromatic heterocycles. The van der Waals surface area contributed by atoms with E-state index < -0.39 is 41.3 Å². The molecule has 1 amide bonds. The number of benzene rings is 3. The number of esters is 2. The van der Waals surface area contributed by atoms with Crippen LogP contribution in [0.1, 0.15) is 69.4 Å². The van der Waals surface area contributed by atoms with E-state index in [0.29, 0.717) is 11.3 Å². The van der Waals surface area contributed by atoms with E-state index in [0.717, 1.165) is 11.1 Å². The summed E-state index contributed by atoms with van der Waals surface area (Å²) in [5, 5.41) is 0. The van der Waals surface area contributed by atoms with E-state index >= 15 is 0 Å². The van der Waals surface area contributed by atoms with Crippen molar-refractivity contribution in [2.45, 2.75) is 71.9 Å². The normalized spacial score (nSPS) is 17.9. The van der Waals surface area contributed by atoms with Crippen molar-refractivity contribution in [3.8, 4) is 0 Å². The Morgan fingerprint density at radius 2 is 1.27 bits per heavy atom. The van der Waals surface area contributed by atoms with Crippen molar-refractivity contribution in [3.63, 3.8) is 0 Å². The molecule has 3 aromatic rings. The SMILES string of the molecule is CC(C)(C)OC(=O)[C@H](C[C@@H]1C(=O)O[C@@H](C(C)(C)C)N1C(=O)c1ccccc1)N=C(c1ccccc1)c1ccccc1. The Bertz CT molecular complexity index is 1350. The van der Waals surface area contributed by atoms with E-state index in [4.69, 9.17) is 14.5 Å². The number of carbonyl (C=O) groups excluding carboxylic acids is 3. The van der Waals surface area contributed by atoms with Crippen molar-refractivity contribution in [3.05, 3.63) is 108 Å². The Balaban J connectivity index is 1.81. The summed E-state index contributed by atoms with van der Waals surface area (Å²) >= 11 is 0. The van der Waals surface area contributed by atoms with Crippen molar-refractivity contribution in [1.29, 1.82) is 0 Å². The van der Waals surface area contributed by atoms with Gasteiger partial charge in [0.15, 0.2) is 12.3 Å². The number of amides is 1. The third kappa shape index (κ3) is 7.28. The lowest BCUT2D eigenvalue weighted by Crippen LogP contribution is -2.49. The van der Waals surface area contributed by atoms with E-state index in [9.17, 15) is 14.4 Å². The molecular formula is C34H38N2O5. The highest BCUT2D eigenvalue weighted by Crippen LogP contribution is 2.36. The predicted octanol–water partition coefficient (Wildman–Crippen LogP) is 6.06. The number of hydrogen-bond donors (Lipinski definition) is 0. The van der Waals surface area contributed by atoms with E-state index in [-0.39, 0.29) is 12.3 Å². The van der Waals surface area contributed by atoms with Crippen LogP contribution < -0.4 is 0 Å². The second kappa shape index (κ2) is 12.1. The fourth-order valence-corrected chi connectivity index (χ4v) is 4.75. The largest absolute Gasteiger partial charge is 0.458 e. The molecule has 4 rings (SSSR count). The fraction of sp³-hybridized carbons (Fsp3) is 0.353. The standard InChI is InChI=1S/C34H38N2O5/c1-33(2,3)32-36(29(37)25-20-14-9-15-21-25)27(31(39)40-32)22-26(30(38)41-34(4,5)6)35-28(23-16-10-7-11-17-23)24-18-12-8-13-19-24/h7-21,26-27,32H,22H2,1-6H3/t26-,27+,32-/m0/s1. The smallest absolute Gasteiger partial charge is 0.331 e. The maximum atomic E-state index is 13.8. The Labute approximate surface area is 242 Å². The van der Waals surface area contributed by atoms with Gasteiger partial charge in [-0.05, 0) is 32.9 Å². The van der Waals surface area contributed by atoms with Crippen LogP contribution >= 0.6 is 0 Å². The third-order valence-corrected chi connectivity index (χ3v) is 6.59. The lowest BCUT2D eigenvalue weighted by Gasteiger charge is -2.35. The van der Waals surface area contributed by atoms with E-state index in [1.807, 2.05) is 87.5 Å². The summed E-state index contributed by atoms with van der Waals surface area (Å²) < 4.78 is 11.6. The Morgan fingerprint density at radius 1 is 0.805 bits per heavy atom. The molecule has 3 atom stereocenters. The predicted molar refractivity (Wildman–Crippen MR) is 159 cm³/mol. The summed E-state index contributed by atoms with van der Waals surface area (Å²) in [5.74, 6) is -1.50. The number of ether oxygens (including phenoxy) is 2. The molecule has 1 aliphatic heterocycles. The first kappa shape index (κ1) is 29.7. The summed E-state index contributed by atoms with van der Waals surface area (Å²) in [7, 11) is 0. The molecule has 0 radical (unpaired) electrons. The van der Waals surface area contributed by atoms with Crippen LogP contribution in [0.5, 0.6) is 0 Å². The van der Waals surface area contributed by atoms with Gasteiger partial charge in [-0.1, -0.05) is 99.6 Å². The topological polar surface area (TPSA) is 85.3 Å². The molecule has 7 nitrogen and oxygen atoms in total. The number of nitrogens with zero attached hydrogens (tertiary/aromatic N) is 2. The van der Waals surface area contributed by atoms with Gasteiger partial charge in [0.05, 0.1) is 5.71 Å². The van der Waals surface area contributed by atoms with Gasteiger partial charge in [-0.3, -0.25) is 14.7 Å². The summed E-state index contributed by atoms with van der Waals surface area (Å²) in [6.45, 7) is 11.1. The maximum absolute atomic E-state index is 13.8. The molecule has 0 spiro atoms. The van der Waals surface area contributed by atoms with Gasteiger partial charge in [0.1, 0.15) is 11.6 Å². The van der Waals surface area contributed by atoms with Gasteiger partial charge >= 0.3 is 11.9 Å². The molecule has 0 N–H and O–H groups in total. The third-order valence-electron chi connectivity index (χ3n) is 6.59. The molecule has 1 heterocycles. The van der Waals surface area contributed by atoms with Crippen molar-refractivity contribution in [2.75, 3.05) is 0 Å². The van der Waals surface area contributed by atoms with E-state index in [2.05, 4.69) is 0 Å². The zero-order chi connectivity index (χ0) is 29.8. The molecule has 0 bridgehead atoms. The van der Waals surface area contributed by atoms with Crippen LogP contribution in [0, 0.1) is 5.41 Å². The number of aliphatic imine (C=N–C) groups is 1. The molecular weight excluding hydrogens is 516 g/mol. The van der Waals surface area contributed by atoms with Crippen molar-refractivity contribution >= 4 is 23.6 Å². The van der Waals surface area contributed by atoms with Crippen molar-refractivity contribution in [2.24, 2.45) is 10.4 Å². The minimum atomic E-state index is -1.09. The van der Waals surface area contributed by atoms with E-state index in [1.54, 1.807) is 45.0 Å². The minimum absolute atomic E-state index is 0.0952. The van der Waals surface area contributed by atoms with Crippen LogP contribution in [0.25, 0.3) is 0 Å². The summed E-state index contributed by atoms with van der Waals surface area (Å²) in [5.41, 5.74) is 1.28. The number of cyclic esters (lactones) is 1. The minimum Gasteiger partial charge on any atom is -0.458 e. The number of rotatable bonds is 7. The second-order valence-corrected chi connectivity index (χ2v) is 12.2. The Morgan fingerprint density at radius 3 is 1.71 bits per heavy atom. The molecule has 1 fully saturated rings. The Kier molecular flexibility index (Phi) is 8.76. The van der Waals surface area contributed by atoms with Gasteiger partial charge in [-0.25, -0.2) is 9.59 Å². The van der Waals surface area contributed by atoms with Gasteiger partial charge in [0.2, 0.25) is 0 Å². The fourth-order valence-electron chi connectivity index (χ4n) is 4.75. The maximum Gasteiger partial charge on any atom is 0.331 e. The lowest BCUT2D eigenvalue weighted by molar-refractivity contribution is -0.156. The molecule has 1 aliphatic rings.